The molecule has 1 aromatic rings. The Hall–Kier alpha value is -0.680. The van der Waals surface area contributed by atoms with Gasteiger partial charge in [-0.05, 0) is 40.9 Å². The standard InChI is InChI=1S/C14H19BrF2N2/c1-3-18-13-4-5-19(8-9(13)2)14-6-10(15)11(16)7-12(14)17/h6-7,9,13,18H,3-5,8H2,1-2H3. The minimum atomic E-state index is -0.558. The number of piperidine rings is 1. The molecule has 2 nitrogen and oxygen atoms in total. The monoisotopic (exact) mass is 332 g/mol. The summed E-state index contributed by atoms with van der Waals surface area (Å²) in [6.07, 6.45) is 0.976. The smallest absolute Gasteiger partial charge is 0.149 e. The van der Waals surface area contributed by atoms with Crippen LogP contribution in [0.3, 0.4) is 0 Å². The summed E-state index contributed by atoms with van der Waals surface area (Å²) < 4.78 is 27.4. The maximum Gasteiger partial charge on any atom is 0.149 e. The first-order valence-electron chi connectivity index (χ1n) is 6.65. The zero-order valence-corrected chi connectivity index (χ0v) is 12.8. The van der Waals surface area contributed by atoms with Crippen molar-refractivity contribution in [1.29, 1.82) is 0 Å². The van der Waals surface area contributed by atoms with Gasteiger partial charge in [0.15, 0.2) is 0 Å². The van der Waals surface area contributed by atoms with Crippen LogP contribution in [0, 0.1) is 17.6 Å². The molecule has 106 valence electrons. The zero-order valence-electron chi connectivity index (χ0n) is 11.2. The first-order valence-corrected chi connectivity index (χ1v) is 7.45. The molecular weight excluding hydrogens is 314 g/mol. The Kier molecular flexibility index (Phi) is 4.79. The topological polar surface area (TPSA) is 15.3 Å². The minimum Gasteiger partial charge on any atom is -0.369 e. The third-order valence-corrected chi connectivity index (χ3v) is 4.31. The summed E-state index contributed by atoms with van der Waals surface area (Å²) in [5.74, 6) is -0.608. The fourth-order valence-corrected chi connectivity index (χ4v) is 3.02. The lowest BCUT2D eigenvalue weighted by Gasteiger charge is -2.38. The normalized spacial score (nSPS) is 23.7. The molecule has 1 saturated heterocycles. The molecule has 1 heterocycles. The summed E-state index contributed by atoms with van der Waals surface area (Å²) in [5.41, 5.74) is 0.482. The van der Waals surface area contributed by atoms with Crippen molar-refractivity contribution in [3.63, 3.8) is 0 Å². The third-order valence-electron chi connectivity index (χ3n) is 3.70. The zero-order chi connectivity index (χ0) is 14.0. The molecule has 2 atom stereocenters. The Morgan fingerprint density at radius 2 is 2.11 bits per heavy atom. The van der Waals surface area contributed by atoms with Crippen molar-refractivity contribution in [2.45, 2.75) is 26.3 Å². The molecule has 0 spiro atoms. The average Bonchev–Trinajstić information content (AvgIpc) is 2.36. The molecular formula is C14H19BrF2N2. The first-order chi connectivity index (χ1) is 9.02. The number of rotatable bonds is 3. The molecule has 2 rings (SSSR count). The molecule has 0 bridgehead atoms. The second-order valence-corrected chi connectivity index (χ2v) is 5.95. The van der Waals surface area contributed by atoms with E-state index in [1.54, 1.807) is 0 Å². The second kappa shape index (κ2) is 6.18. The highest BCUT2D eigenvalue weighted by Crippen LogP contribution is 2.30. The number of anilines is 1. The lowest BCUT2D eigenvalue weighted by atomic mass is 9.93. The van der Waals surface area contributed by atoms with Gasteiger partial charge in [-0.25, -0.2) is 8.78 Å². The maximum absolute atomic E-state index is 13.9. The van der Waals surface area contributed by atoms with Crippen molar-refractivity contribution >= 4 is 21.6 Å². The molecule has 1 aliphatic heterocycles. The fourth-order valence-electron chi connectivity index (χ4n) is 2.68. The lowest BCUT2D eigenvalue weighted by Crippen LogP contribution is -2.48. The van der Waals surface area contributed by atoms with E-state index in [4.69, 9.17) is 0 Å². The van der Waals surface area contributed by atoms with E-state index in [9.17, 15) is 8.78 Å². The Labute approximate surface area is 121 Å². The first kappa shape index (κ1) is 14.7. The van der Waals surface area contributed by atoms with Gasteiger partial charge < -0.3 is 10.2 Å². The van der Waals surface area contributed by atoms with Gasteiger partial charge in [0.05, 0.1) is 10.2 Å². The Bertz CT molecular complexity index is 453. The van der Waals surface area contributed by atoms with E-state index in [1.807, 2.05) is 4.90 Å². The van der Waals surface area contributed by atoms with Gasteiger partial charge in [-0.1, -0.05) is 13.8 Å². The fraction of sp³-hybridized carbons (Fsp3) is 0.571. The van der Waals surface area contributed by atoms with Crippen LogP contribution in [-0.4, -0.2) is 25.7 Å². The minimum absolute atomic E-state index is 0.311. The second-order valence-electron chi connectivity index (χ2n) is 5.09. The van der Waals surface area contributed by atoms with Crippen LogP contribution in [0.4, 0.5) is 14.5 Å². The quantitative estimate of drug-likeness (QED) is 0.851. The predicted octanol–water partition coefficient (Wildman–Crippen LogP) is 3.55. The van der Waals surface area contributed by atoms with Crippen molar-refractivity contribution in [2.24, 2.45) is 5.92 Å². The van der Waals surface area contributed by atoms with E-state index >= 15 is 0 Å². The number of hydrogen-bond donors (Lipinski definition) is 1. The molecule has 1 fully saturated rings. The van der Waals surface area contributed by atoms with Crippen molar-refractivity contribution < 1.29 is 8.78 Å². The predicted molar refractivity (Wildman–Crippen MR) is 77.5 cm³/mol. The molecule has 1 aromatic carbocycles. The molecule has 0 saturated carbocycles. The van der Waals surface area contributed by atoms with E-state index in [1.165, 1.54) is 6.07 Å². The number of nitrogens with one attached hydrogen (secondary N) is 1. The van der Waals surface area contributed by atoms with Crippen molar-refractivity contribution in [3.8, 4) is 0 Å². The number of benzene rings is 1. The molecule has 0 aliphatic carbocycles. The molecule has 1 aliphatic rings. The van der Waals surface area contributed by atoms with Gasteiger partial charge in [0.25, 0.3) is 0 Å². The molecule has 0 amide bonds. The number of nitrogens with zero attached hydrogens (tertiary/aromatic N) is 1. The van der Waals surface area contributed by atoms with Crippen LogP contribution in [0.15, 0.2) is 16.6 Å². The average molecular weight is 333 g/mol. The summed E-state index contributed by atoms with van der Waals surface area (Å²) >= 11 is 3.12. The van der Waals surface area contributed by atoms with Gasteiger partial charge in [0.2, 0.25) is 0 Å². The molecule has 0 aromatic heterocycles. The number of hydrogen-bond acceptors (Lipinski definition) is 2. The highest BCUT2D eigenvalue weighted by molar-refractivity contribution is 9.10. The number of halogens is 3. The van der Waals surface area contributed by atoms with E-state index in [-0.39, 0.29) is 0 Å². The van der Waals surface area contributed by atoms with Gasteiger partial charge in [0, 0.05) is 25.2 Å². The molecule has 0 radical (unpaired) electrons. The Balaban J connectivity index is 2.14. The largest absolute Gasteiger partial charge is 0.369 e. The summed E-state index contributed by atoms with van der Waals surface area (Å²) in [7, 11) is 0. The van der Waals surface area contributed by atoms with Gasteiger partial charge in [-0.3, -0.25) is 0 Å². The van der Waals surface area contributed by atoms with Crippen molar-refractivity contribution in [2.75, 3.05) is 24.5 Å². The Morgan fingerprint density at radius 1 is 1.37 bits per heavy atom. The van der Waals surface area contributed by atoms with Crippen molar-refractivity contribution in [3.05, 3.63) is 28.2 Å². The van der Waals surface area contributed by atoms with Gasteiger partial charge in [0.1, 0.15) is 11.6 Å². The Morgan fingerprint density at radius 3 is 2.74 bits per heavy atom. The van der Waals surface area contributed by atoms with E-state index in [2.05, 4.69) is 35.1 Å². The van der Waals surface area contributed by atoms with Gasteiger partial charge in [-0.2, -0.15) is 0 Å². The van der Waals surface area contributed by atoms with Crippen LogP contribution in [0.25, 0.3) is 0 Å². The van der Waals surface area contributed by atoms with Crippen LogP contribution >= 0.6 is 15.9 Å². The summed E-state index contributed by atoms with van der Waals surface area (Å²) in [6, 6.07) is 2.96. The summed E-state index contributed by atoms with van der Waals surface area (Å²) in [6.45, 7) is 6.78. The van der Waals surface area contributed by atoms with Crippen LogP contribution < -0.4 is 10.2 Å². The van der Waals surface area contributed by atoms with E-state index in [0.29, 0.717) is 22.1 Å². The third kappa shape index (κ3) is 3.26. The highest BCUT2D eigenvalue weighted by Gasteiger charge is 2.27. The summed E-state index contributed by atoms with van der Waals surface area (Å²) in [4.78, 5) is 2.00. The molecule has 5 heteroatoms. The van der Waals surface area contributed by atoms with Gasteiger partial charge >= 0.3 is 0 Å². The van der Waals surface area contributed by atoms with Crippen LogP contribution in [0.2, 0.25) is 0 Å². The van der Waals surface area contributed by atoms with Crippen LogP contribution in [0.1, 0.15) is 20.3 Å². The molecule has 2 unspecified atom stereocenters. The van der Waals surface area contributed by atoms with Crippen LogP contribution in [0.5, 0.6) is 0 Å². The molecule has 1 N–H and O–H groups in total. The lowest BCUT2D eigenvalue weighted by molar-refractivity contribution is 0.325. The maximum atomic E-state index is 13.9. The van der Waals surface area contributed by atoms with E-state index in [0.717, 1.165) is 32.1 Å². The SMILES string of the molecule is CCNC1CCN(c2cc(Br)c(F)cc2F)CC1C. The van der Waals surface area contributed by atoms with E-state index < -0.39 is 11.6 Å². The highest BCUT2D eigenvalue weighted by atomic mass is 79.9. The van der Waals surface area contributed by atoms with Crippen molar-refractivity contribution in [1.82, 2.24) is 5.32 Å². The molecule has 19 heavy (non-hydrogen) atoms. The summed E-state index contributed by atoms with van der Waals surface area (Å²) in [5, 5.41) is 3.45. The van der Waals surface area contributed by atoms with Crippen LogP contribution in [-0.2, 0) is 0 Å². The van der Waals surface area contributed by atoms with Gasteiger partial charge in [-0.15, -0.1) is 0 Å².